The summed E-state index contributed by atoms with van der Waals surface area (Å²) in [6, 6.07) is 14.4. The lowest BCUT2D eigenvalue weighted by Gasteiger charge is -2.23. The highest BCUT2D eigenvalue weighted by molar-refractivity contribution is 7.10. The average Bonchev–Trinajstić information content (AvgIpc) is 3.19. The van der Waals surface area contributed by atoms with Gasteiger partial charge in [-0.15, -0.1) is 11.3 Å². The van der Waals surface area contributed by atoms with Gasteiger partial charge in [0.2, 0.25) is 0 Å². The van der Waals surface area contributed by atoms with Gasteiger partial charge in [0.15, 0.2) is 0 Å². The Morgan fingerprint density at radius 1 is 1.20 bits per heavy atom. The quantitative estimate of drug-likeness (QED) is 0.777. The van der Waals surface area contributed by atoms with E-state index < -0.39 is 0 Å². The summed E-state index contributed by atoms with van der Waals surface area (Å²) in [6.45, 7) is 4.49. The second kappa shape index (κ2) is 6.11. The Morgan fingerprint density at radius 2 is 1.95 bits per heavy atom. The van der Waals surface area contributed by atoms with Gasteiger partial charge in [-0.3, -0.25) is 0 Å². The van der Waals surface area contributed by atoms with Gasteiger partial charge in [0.25, 0.3) is 0 Å². The van der Waals surface area contributed by atoms with Gasteiger partial charge in [0.05, 0.1) is 0 Å². The van der Waals surface area contributed by atoms with Gasteiger partial charge in [0, 0.05) is 17.0 Å². The number of rotatable bonds is 6. The molecule has 2 unspecified atom stereocenters. The molecule has 0 bridgehead atoms. The minimum atomic E-state index is 0.411. The Bertz CT molecular complexity index is 525. The van der Waals surface area contributed by atoms with Gasteiger partial charge >= 0.3 is 0 Å². The number of hydrogen-bond donors (Lipinski definition) is 1. The first-order chi connectivity index (χ1) is 9.78. The topological polar surface area (TPSA) is 12.0 Å². The molecule has 106 valence electrons. The van der Waals surface area contributed by atoms with E-state index in [0.717, 1.165) is 12.3 Å². The smallest absolute Gasteiger partial charge is 0.0448 e. The standard InChI is InChI=1S/C18H23NS/c1-3-14-6-8-15(9-7-14)13(2)19-18(16-10-11-16)17-5-4-12-20-17/h4-9,12-13,16,18-19H,3,10-11H2,1-2H3. The third-order valence-electron chi connectivity index (χ3n) is 4.26. The minimum absolute atomic E-state index is 0.411. The molecule has 2 aromatic rings. The first-order valence-electron chi connectivity index (χ1n) is 7.66. The van der Waals surface area contributed by atoms with E-state index in [1.54, 1.807) is 0 Å². The number of thiophene rings is 1. The van der Waals surface area contributed by atoms with Crippen LogP contribution in [0.5, 0.6) is 0 Å². The van der Waals surface area contributed by atoms with Crippen LogP contribution in [-0.2, 0) is 6.42 Å². The SMILES string of the molecule is CCc1ccc(C(C)NC(c2cccs2)C2CC2)cc1. The van der Waals surface area contributed by atoms with Gasteiger partial charge in [0.1, 0.15) is 0 Å². The fourth-order valence-electron chi connectivity index (χ4n) is 2.76. The van der Waals surface area contributed by atoms with Crippen molar-refractivity contribution in [3.63, 3.8) is 0 Å². The first-order valence-corrected chi connectivity index (χ1v) is 8.54. The molecule has 1 aromatic heterocycles. The van der Waals surface area contributed by atoms with Crippen molar-refractivity contribution in [2.45, 2.75) is 45.2 Å². The van der Waals surface area contributed by atoms with Gasteiger partial charge in [-0.1, -0.05) is 37.3 Å². The zero-order chi connectivity index (χ0) is 13.9. The van der Waals surface area contributed by atoms with Crippen molar-refractivity contribution in [2.75, 3.05) is 0 Å². The third kappa shape index (κ3) is 3.13. The Kier molecular flexibility index (Phi) is 4.23. The summed E-state index contributed by atoms with van der Waals surface area (Å²) in [5, 5.41) is 6.03. The highest BCUT2D eigenvalue weighted by atomic mass is 32.1. The fourth-order valence-corrected chi connectivity index (χ4v) is 3.63. The highest BCUT2D eigenvalue weighted by Crippen LogP contribution is 2.43. The van der Waals surface area contributed by atoms with E-state index in [1.165, 1.54) is 28.8 Å². The summed E-state index contributed by atoms with van der Waals surface area (Å²) in [5.74, 6) is 0.839. The second-order valence-electron chi connectivity index (χ2n) is 5.81. The van der Waals surface area contributed by atoms with E-state index in [1.807, 2.05) is 11.3 Å². The Balaban J connectivity index is 1.71. The molecular weight excluding hydrogens is 262 g/mol. The molecule has 1 saturated carbocycles. The first kappa shape index (κ1) is 13.8. The monoisotopic (exact) mass is 285 g/mol. The molecule has 2 heteroatoms. The summed E-state index contributed by atoms with van der Waals surface area (Å²) in [5.41, 5.74) is 2.81. The van der Waals surface area contributed by atoms with Crippen molar-refractivity contribution in [2.24, 2.45) is 5.92 Å². The van der Waals surface area contributed by atoms with E-state index in [4.69, 9.17) is 0 Å². The van der Waals surface area contributed by atoms with Crippen LogP contribution in [-0.4, -0.2) is 0 Å². The molecule has 0 amide bonds. The summed E-state index contributed by atoms with van der Waals surface area (Å²) in [7, 11) is 0. The van der Waals surface area contributed by atoms with Crippen LogP contribution in [0.2, 0.25) is 0 Å². The number of nitrogens with one attached hydrogen (secondary N) is 1. The average molecular weight is 285 g/mol. The lowest BCUT2D eigenvalue weighted by molar-refractivity contribution is 0.433. The molecule has 0 spiro atoms. The van der Waals surface area contributed by atoms with Crippen LogP contribution < -0.4 is 5.32 Å². The van der Waals surface area contributed by atoms with E-state index in [0.29, 0.717) is 12.1 Å². The van der Waals surface area contributed by atoms with Crippen LogP contribution in [0.3, 0.4) is 0 Å². The van der Waals surface area contributed by atoms with Crippen LogP contribution in [0, 0.1) is 5.92 Å². The van der Waals surface area contributed by atoms with Gasteiger partial charge < -0.3 is 5.32 Å². The van der Waals surface area contributed by atoms with Crippen molar-refractivity contribution < 1.29 is 0 Å². The normalized spacial score (nSPS) is 17.9. The van der Waals surface area contributed by atoms with Crippen molar-refractivity contribution in [1.29, 1.82) is 0 Å². The summed E-state index contributed by atoms with van der Waals surface area (Å²) < 4.78 is 0. The zero-order valence-electron chi connectivity index (χ0n) is 12.3. The van der Waals surface area contributed by atoms with Crippen LogP contribution in [0.25, 0.3) is 0 Å². The molecule has 0 radical (unpaired) electrons. The molecule has 1 aliphatic carbocycles. The van der Waals surface area contributed by atoms with E-state index in [-0.39, 0.29) is 0 Å². The number of aryl methyl sites for hydroxylation is 1. The fraction of sp³-hybridized carbons (Fsp3) is 0.444. The molecule has 1 aliphatic rings. The summed E-state index contributed by atoms with van der Waals surface area (Å²) in [6.07, 6.45) is 3.86. The maximum Gasteiger partial charge on any atom is 0.0448 e. The Morgan fingerprint density at radius 3 is 2.50 bits per heavy atom. The van der Waals surface area contributed by atoms with Crippen molar-refractivity contribution in [3.8, 4) is 0 Å². The number of hydrogen-bond acceptors (Lipinski definition) is 2. The minimum Gasteiger partial charge on any atom is -0.302 e. The molecule has 0 aliphatic heterocycles. The molecule has 20 heavy (non-hydrogen) atoms. The van der Waals surface area contributed by atoms with E-state index >= 15 is 0 Å². The predicted octanol–water partition coefficient (Wildman–Crippen LogP) is 5.11. The van der Waals surface area contributed by atoms with Crippen LogP contribution in [0.1, 0.15) is 54.8 Å². The molecule has 1 N–H and O–H groups in total. The number of benzene rings is 1. The molecule has 2 atom stereocenters. The Labute approximate surface area is 126 Å². The van der Waals surface area contributed by atoms with E-state index in [2.05, 4.69) is 60.9 Å². The van der Waals surface area contributed by atoms with Gasteiger partial charge in [-0.05, 0) is 54.7 Å². The van der Waals surface area contributed by atoms with Gasteiger partial charge in [-0.25, -0.2) is 0 Å². The van der Waals surface area contributed by atoms with Crippen molar-refractivity contribution in [3.05, 3.63) is 57.8 Å². The molecule has 3 rings (SSSR count). The van der Waals surface area contributed by atoms with Crippen molar-refractivity contribution in [1.82, 2.24) is 5.32 Å². The molecule has 1 aromatic carbocycles. The second-order valence-corrected chi connectivity index (χ2v) is 6.79. The zero-order valence-corrected chi connectivity index (χ0v) is 13.1. The highest BCUT2D eigenvalue weighted by Gasteiger charge is 2.33. The summed E-state index contributed by atoms with van der Waals surface area (Å²) in [4.78, 5) is 1.49. The lowest BCUT2D eigenvalue weighted by atomic mass is 10.0. The van der Waals surface area contributed by atoms with Crippen LogP contribution in [0.4, 0.5) is 0 Å². The summed E-state index contributed by atoms with van der Waals surface area (Å²) >= 11 is 1.88. The molecule has 1 fully saturated rings. The van der Waals surface area contributed by atoms with Crippen molar-refractivity contribution >= 4 is 11.3 Å². The lowest BCUT2D eigenvalue weighted by Crippen LogP contribution is -2.25. The largest absolute Gasteiger partial charge is 0.302 e. The molecule has 0 saturated heterocycles. The molecule has 1 nitrogen and oxygen atoms in total. The van der Waals surface area contributed by atoms with Gasteiger partial charge in [-0.2, -0.15) is 0 Å². The van der Waals surface area contributed by atoms with Crippen LogP contribution in [0.15, 0.2) is 41.8 Å². The van der Waals surface area contributed by atoms with Crippen LogP contribution >= 0.6 is 11.3 Å². The molecule has 1 heterocycles. The van der Waals surface area contributed by atoms with E-state index in [9.17, 15) is 0 Å². The third-order valence-corrected chi connectivity index (χ3v) is 5.22. The Hall–Kier alpha value is -1.12. The maximum atomic E-state index is 3.85. The maximum absolute atomic E-state index is 3.85. The predicted molar refractivity (Wildman–Crippen MR) is 87.2 cm³/mol. The molecular formula is C18H23NS.